The predicted octanol–water partition coefficient (Wildman–Crippen LogP) is 0.702. The van der Waals surface area contributed by atoms with Crippen molar-refractivity contribution in [3.63, 3.8) is 0 Å². The van der Waals surface area contributed by atoms with Gasteiger partial charge >= 0.3 is 0 Å². The van der Waals surface area contributed by atoms with E-state index in [0.717, 1.165) is 19.3 Å². The van der Waals surface area contributed by atoms with Gasteiger partial charge in [-0.2, -0.15) is 4.31 Å². The normalized spacial score (nSPS) is 23.8. The van der Waals surface area contributed by atoms with Crippen molar-refractivity contribution in [1.29, 1.82) is 0 Å². The Kier molecular flexibility index (Phi) is 4.94. The van der Waals surface area contributed by atoms with E-state index in [1.165, 1.54) is 4.31 Å². The lowest BCUT2D eigenvalue weighted by molar-refractivity contribution is -0.121. The Morgan fingerprint density at radius 1 is 1.53 bits per heavy atom. The first-order chi connectivity index (χ1) is 7.88. The Morgan fingerprint density at radius 3 is 2.71 bits per heavy atom. The summed E-state index contributed by atoms with van der Waals surface area (Å²) in [5.74, 6) is -0.293. The summed E-state index contributed by atoms with van der Waals surface area (Å²) in [5.41, 5.74) is 5.23. The van der Waals surface area contributed by atoms with Crippen molar-refractivity contribution in [2.24, 2.45) is 11.7 Å². The molecule has 2 unspecified atom stereocenters. The summed E-state index contributed by atoms with van der Waals surface area (Å²) in [5, 5.41) is 0. The third kappa shape index (κ3) is 3.67. The lowest BCUT2D eigenvalue weighted by atomic mass is 10.1. The maximum absolute atomic E-state index is 12.2. The first-order valence-corrected chi connectivity index (χ1v) is 7.78. The van der Waals surface area contributed by atoms with E-state index in [0.29, 0.717) is 13.0 Å². The predicted molar refractivity (Wildman–Crippen MR) is 66.8 cm³/mol. The van der Waals surface area contributed by atoms with Crippen LogP contribution in [0.2, 0.25) is 0 Å². The summed E-state index contributed by atoms with van der Waals surface area (Å²) in [6.07, 6.45) is 3.12. The third-order valence-corrected chi connectivity index (χ3v) is 5.31. The minimum absolute atomic E-state index is 0.116. The van der Waals surface area contributed by atoms with Gasteiger partial charge < -0.3 is 5.73 Å². The zero-order valence-corrected chi connectivity index (χ0v) is 11.4. The van der Waals surface area contributed by atoms with Gasteiger partial charge in [-0.25, -0.2) is 8.42 Å². The molecule has 1 amide bonds. The molecule has 0 aromatic rings. The summed E-state index contributed by atoms with van der Waals surface area (Å²) in [4.78, 5) is 11.2. The van der Waals surface area contributed by atoms with E-state index >= 15 is 0 Å². The van der Waals surface area contributed by atoms with E-state index in [1.807, 2.05) is 13.8 Å². The van der Waals surface area contributed by atoms with Gasteiger partial charge in [-0.15, -0.1) is 0 Å². The van der Waals surface area contributed by atoms with Crippen LogP contribution in [0.5, 0.6) is 0 Å². The van der Waals surface area contributed by atoms with E-state index in [4.69, 9.17) is 5.73 Å². The molecule has 1 aliphatic rings. The zero-order chi connectivity index (χ0) is 13.1. The molecule has 1 fully saturated rings. The number of nitrogens with two attached hydrogens (primary N) is 1. The van der Waals surface area contributed by atoms with Crippen LogP contribution in [0, 0.1) is 5.92 Å². The highest BCUT2D eigenvalue weighted by Gasteiger charge is 2.37. The number of primary amides is 1. The van der Waals surface area contributed by atoms with E-state index in [1.54, 1.807) is 0 Å². The summed E-state index contributed by atoms with van der Waals surface area (Å²) in [6, 6.07) is -0.631. The molecule has 0 aliphatic carbocycles. The van der Waals surface area contributed by atoms with E-state index < -0.39 is 22.0 Å². The molecule has 0 bridgehead atoms. The molecule has 0 saturated carbocycles. The third-order valence-electron chi connectivity index (χ3n) is 3.17. The summed E-state index contributed by atoms with van der Waals surface area (Å²) < 4.78 is 25.6. The number of hydrogen-bond donors (Lipinski definition) is 1. The van der Waals surface area contributed by atoms with Crippen LogP contribution in [-0.4, -0.2) is 37.0 Å². The van der Waals surface area contributed by atoms with Crippen LogP contribution in [0.1, 0.15) is 39.5 Å². The fourth-order valence-electron chi connectivity index (χ4n) is 2.39. The second-order valence-corrected chi connectivity index (χ2v) is 6.81. The monoisotopic (exact) mass is 262 g/mol. The molecule has 1 aliphatic heterocycles. The molecule has 100 valence electrons. The Bertz CT molecular complexity index is 367. The lowest BCUT2D eigenvalue weighted by Crippen LogP contribution is -2.45. The molecule has 0 aromatic heterocycles. The second-order valence-electron chi connectivity index (χ2n) is 4.84. The number of hydrogen-bond acceptors (Lipinski definition) is 3. The molecule has 2 atom stereocenters. The molecule has 0 radical (unpaired) electrons. The average molecular weight is 262 g/mol. The number of carbonyl (C=O) groups is 1. The zero-order valence-electron chi connectivity index (χ0n) is 10.6. The topological polar surface area (TPSA) is 80.5 Å². The molecule has 1 heterocycles. The Labute approximate surface area is 103 Å². The number of nitrogens with zero attached hydrogens (tertiary/aromatic N) is 1. The molecule has 2 N–H and O–H groups in total. The van der Waals surface area contributed by atoms with Crippen LogP contribution in [0.25, 0.3) is 0 Å². The molecule has 0 aromatic carbocycles. The van der Waals surface area contributed by atoms with Crippen molar-refractivity contribution < 1.29 is 13.2 Å². The smallest absolute Gasteiger partial charge is 0.235 e. The number of carbonyl (C=O) groups excluding carboxylic acids is 1. The number of sulfonamides is 1. The largest absolute Gasteiger partial charge is 0.368 e. The van der Waals surface area contributed by atoms with Crippen molar-refractivity contribution in [1.82, 2.24) is 4.31 Å². The van der Waals surface area contributed by atoms with Crippen LogP contribution in [-0.2, 0) is 14.8 Å². The van der Waals surface area contributed by atoms with Crippen molar-refractivity contribution >= 4 is 15.9 Å². The fourth-order valence-corrected chi connectivity index (χ4v) is 4.47. The van der Waals surface area contributed by atoms with Crippen molar-refractivity contribution in [3.8, 4) is 0 Å². The Hall–Kier alpha value is -0.620. The summed E-state index contributed by atoms with van der Waals surface area (Å²) >= 11 is 0. The highest BCUT2D eigenvalue weighted by Crippen LogP contribution is 2.23. The van der Waals surface area contributed by atoms with Crippen molar-refractivity contribution in [2.45, 2.75) is 45.6 Å². The number of amides is 1. The van der Waals surface area contributed by atoms with E-state index in [9.17, 15) is 13.2 Å². The summed E-state index contributed by atoms with van der Waals surface area (Å²) in [7, 11) is -3.34. The average Bonchev–Trinajstić information content (AvgIpc) is 2.65. The van der Waals surface area contributed by atoms with Gasteiger partial charge in [0, 0.05) is 6.54 Å². The van der Waals surface area contributed by atoms with Gasteiger partial charge in [0.2, 0.25) is 15.9 Å². The minimum atomic E-state index is -3.34. The number of rotatable bonds is 6. The maximum Gasteiger partial charge on any atom is 0.235 e. The minimum Gasteiger partial charge on any atom is -0.368 e. The van der Waals surface area contributed by atoms with Gasteiger partial charge in [-0.05, 0) is 25.2 Å². The molecule has 17 heavy (non-hydrogen) atoms. The molecular weight excluding hydrogens is 240 g/mol. The van der Waals surface area contributed by atoms with Gasteiger partial charge in [0.15, 0.2) is 0 Å². The molecular formula is C11H22N2O3S. The maximum atomic E-state index is 12.2. The fraction of sp³-hybridized carbons (Fsp3) is 0.909. The SMILES string of the molecule is CCCC(C)CS(=O)(=O)N1CCCC1C(N)=O. The van der Waals surface area contributed by atoms with Gasteiger partial charge in [-0.3, -0.25) is 4.79 Å². The van der Waals surface area contributed by atoms with Crippen LogP contribution >= 0.6 is 0 Å². The van der Waals surface area contributed by atoms with Gasteiger partial charge in [0.1, 0.15) is 6.04 Å². The molecule has 5 nitrogen and oxygen atoms in total. The van der Waals surface area contributed by atoms with Crippen LogP contribution < -0.4 is 5.73 Å². The van der Waals surface area contributed by atoms with Gasteiger partial charge in [0.05, 0.1) is 5.75 Å². The molecule has 1 rings (SSSR count). The Balaban J connectivity index is 2.72. The van der Waals surface area contributed by atoms with E-state index in [2.05, 4.69) is 0 Å². The molecule has 0 spiro atoms. The quantitative estimate of drug-likeness (QED) is 0.765. The highest BCUT2D eigenvalue weighted by atomic mass is 32.2. The first kappa shape index (κ1) is 14.4. The summed E-state index contributed by atoms with van der Waals surface area (Å²) in [6.45, 7) is 4.39. The lowest BCUT2D eigenvalue weighted by Gasteiger charge is -2.23. The van der Waals surface area contributed by atoms with Crippen LogP contribution in [0.4, 0.5) is 0 Å². The van der Waals surface area contributed by atoms with Crippen molar-refractivity contribution in [3.05, 3.63) is 0 Å². The highest BCUT2D eigenvalue weighted by molar-refractivity contribution is 7.89. The Morgan fingerprint density at radius 2 is 2.18 bits per heavy atom. The van der Waals surface area contributed by atoms with Crippen LogP contribution in [0.3, 0.4) is 0 Å². The standard InChI is InChI=1S/C11H22N2O3S/c1-3-5-9(2)8-17(15,16)13-7-4-6-10(13)11(12)14/h9-10H,3-8H2,1-2H3,(H2,12,14). The molecule has 6 heteroatoms. The van der Waals surface area contributed by atoms with Gasteiger partial charge in [0.25, 0.3) is 0 Å². The van der Waals surface area contributed by atoms with Gasteiger partial charge in [-0.1, -0.05) is 20.3 Å². The first-order valence-electron chi connectivity index (χ1n) is 6.17. The van der Waals surface area contributed by atoms with Crippen molar-refractivity contribution in [2.75, 3.05) is 12.3 Å². The van der Waals surface area contributed by atoms with Crippen LogP contribution in [0.15, 0.2) is 0 Å². The molecule has 1 saturated heterocycles. The second kappa shape index (κ2) is 5.82. The van der Waals surface area contributed by atoms with E-state index in [-0.39, 0.29) is 11.7 Å².